The van der Waals surface area contributed by atoms with E-state index in [0.29, 0.717) is 24.7 Å². The summed E-state index contributed by atoms with van der Waals surface area (Å²) in [4.78, 5) is 32.1. The summed E-state index contributed by atoms with van der Waals surface area (Å²) in [5.41, 5.74) is 0.531. The number of aromatic nitrogens is 4. The van der Waals surface area contributed by atoms with Crippen molar-refractivity contribution >= 4 is 11.8 Å². The minimum absolute atomic E-state index is 0.0453. The van der Waals surface area contributed by atoms with E-state index < -0.39 is 0 Å². The van der Waals surface area contributed by atoms with Gasteiger partial charge in [0.2, 0.25) is 0 Å². The van der Waals surface area contributed by atoms with Crippen molar-refractivity contribution in [2.45, 2.75) is 25.7 Å². The molecule has 2 aromatic rings. The Morgan fingerprint density at radius 3 is 3.05 bits per heavy atom. The average molecular weight is 302 g/mol. The molecule has 1 fully saturated rings. The summed E-state index contributed by atoms with van der Waals surface area (Å²) in [7, 11) is 0. The van der Waals surface area contributed by atoms with Gasteiger partial charge in [0.05, 0.1) is 0 Å². The molecule has 1 aliphatic heterocycles. The lowest BCUT2D eigenvalue weighted by Crippen LogP contribution is -2.42. The van der Waals surface area contributed by atoms with Crippen LogP contribution in [0.4, 0.5) is 10.6 Å². The highest BCUT2D eigenvalue weighted by molar-refractivity contribution is 5.88. The zero-order valence-corrected chi connectivity index (χ0v) is 12.3. The number of H-pyrrole nitrogens is 2. The lowest BCUT2D eigenvalue weighted by atomic mass is 9.98. The molecule has 3 rings (SSSR count). The largest absolute Gasteiger partial charge is 0.340 e. The molecule has 2 aromatic heterocycles. The Labute approximate surface area is 127 Å². The van der Waals surface area contributed by atoms with Gasteiger partial charge in [-0.3, -0.25) is 10.3 Å². The fourth-order valence-corrected chi connectivity index (χ4v) is 2.66. The van der Waals surface area contributed by atoms with Gasteiger partial charge in [-0.15, -0.1) is 0 Å². The Morgan fingerprint density at radius 1 is 1.45 bits per heavy atom. The summed E-state index contributed by atoms with van der Waals surface area (Å²) in [6.45, 7) is 3.09. The number of hydrogen-bond donors (Lipinski definition) is 3. The number of rotatable bonds is 2. The van der Waals surface area contributed by atoms with Gasteiger partial charge in [0.15, 0.2) is 0 Å². The van der Waals surface area contributed by atoms with E-state index in [1.54, 1.807) is 11.0 Å². The second-order valence-electron chi connectivity index (χ2n) is 5.44. The molecule has 22 heavy (non-hydrogen) atoms. The number of urea groups is 1. The maximum atomic E-state index is 12.3. The molecular weight excluding hydrogens is 284 g/mol. The first-order valence-corrected chi connectivity index (χ1v) is 7.26. The summed E-state index contributed by atoms with van der Waals surface area (Å²) in [6, 6.07) is 5.31. The third kappa shape index (κ3) is 3.16. The second-order valence-corrected chi connectivity index (χ2v) is 5.44. The summed E-state index contributed by atoms with van der Waals surface area (Å²) in [5.74, 6) is 1.19. The zero-order valence-electron chi connectivity index (χ0n) is 12.3. The van der Waals surface area contributed by atoms with Gasteiger partial charge in [-0.2, -0.15) is 5.10 Å². The topological polar surface area (TPSA) is 107 Å². The predicted octanol–water partition coefficient (Wildman–Crippen LogP) is 1.21. The Balaban J connectivity index is 1.66. The van der Waals surface area contributed by atoms with Crippen LogP contribution < -0.4 is 11.0 Å². The number of aromatic amines is 2. The SMILES string of the molecule is Cc1cccc(NC(=O)N2CCCC(c3n[nH]c(=O)[nH]3)C2)n1. The van der Waals surface area contributed by atoms with Crippen molar-refractivity contribution in [2.75, 3.05) is 18.4 Å². The monoisotopic (exact) mass is 302 g/mol. The van der Waals surface area contributed by atoms with Gasteiger partial charge < -0.3 is 4.90 Å². The maximum Gasteiger partial charge on any atom is 0.340 e. The zero-order chi connectivity index (χ0) is 15.5. The van der Waals surface area contributed by atoms with Crippen molar-refractivity contribution in [2.24, 2.45) is 0 Å². The molecule has 2 amide bonds. The van der Waals surface area contributed by atoms with Gasteiger partial charge >= 0.3 is 11.7 Å². The lowest BCUT2D eigenvalue weighted by Gasteiger charge is -2.31. The number of piperidine rings is 1. The fourth-order valence-electron chi connectivity index (χ4n) is 2.66. The van der Waals surface area contributed by atoms with Gasteiger partial charge in [-0.05, 0) is 31.9 Å². The summed E-state index contributed by atoms with van der Waals surface area (Å²) >= 11 is 0. The van der Waals surface area contributed by atoms with Crippen LogP contribution in [0, 0.1) is 6.92 Å². The first-order chi connectivity index (χ1) is 10.6. The van der Waals surface area contributed by atoms with Gasteiger partial charge in [0.25, 0.3) is 0 Å². The van der Waals surface area contributed by atoms with Crippen LogP contribution in [-0.2, 0) is 0 Å². The second kappa shape index (κ2) is 6.00. The molecule has 0 bridgehead atoms. The smallest absolute Gasteiger partial charge is 0.324 e. The Kier molecular flexibility index (Phi) is 3.90. The number of likely N-dealkylation sites (tertiary alicyclic amines) is 1. The van der Waals surface area contributed by atoms with Crippen molar-refractivity contribution in [3.63, 3.8) is 0 Å². The van der Waals surface area contributed by atoms with Crippen LogP contribution in [-0.4, -0.2) is 44.2 Å². The minimum atomic E-state index is -0.319. The summed E-state index contributed by atoms with van der Waals surface area (Å²) in [5, 5.41) is 9.14. The summed E-state index contributed by atoms with van der Waals surface area (Å²) in [6.07, 6.45) is 1.77. The van der Waals surface area contributed by atoms with E-state index in [-0.39, 0.29) is 17.6 Å². The third-order valence-corrected chi connectivity index (χ3v) is 3.74. The Morgan fingerprint density at radius 2 is 2.32 bits per heavy atom. The maximum absolute atomic E-state index is 12.3. The van der Waals surface area contributed by atoms with Gasteiger partial charge in [-0.1, -0.05) is 6.07 Å². The highest BCUT2D eigenvalue weighted by atomic mass is 16.2. The van der Waals surface area contributed by atoms with Crippen molar-refractivity contribution in [3.8, 4) is 0 Å². The fraction of sp³-hybridized carbons (Fsp3) is 0.429. The molecule has 3 heterocycles. The molecule has 116 valence electrons. The standard InChI is InChI=1S/C14H18N6O2/c1-9-4-2-6-11(15-9)16-14(22)20-7-3-5-10(8-20)12-17-13(21)19-18-12/h2,4,6,10H,3,5,7-8H2,1H3,(H,15,16,22)(H2,17,18,19,21). The van der Waals surface area contributed by atoms with E-state index in [1.807, 2.05) is 19.1 Å². The Bertz CT molecular complexity index is 722. The first kappa shape index (κ1) is 14.3. The quantitative estimate of drug-likeness (QED) is 0.775. The molecule has 3 N–H and O–H groups in total. The molecule has 0 spiro atoms. The number of carbonyl (C=O) groups excluding carboxylic acids is 1. The van der Waals surface area contributed by atoms with E-state index in [1.165, 1.54) is 0 Å². The normalized spacial score (nSPS) is 18.2. The number of aryl methyl sites for hydroxylation is 1. The number of hydrogen-bond acceptors (Lipinski definition) is 4. The Hall–Kier alpha value is -2.64. The van der Waals surface area contributed by atoms with E-state index in [2.05, 4.69) is 25.5 Å². The average Bonchev–Trinajstić information content (AvgIpc) is 2.94. The van der Waals surface area contributed by atoms with Crippen LogP contribution >= 0.6 is 0 Å². The number of amides is 2. The lowest BCUT2D eigenvalue weighted by molar-refractivity contribution is 0.191. The van der Waals surface area contributed by atoms with Crippen LogP contribution in [0.5, 0.6) is 0 Å². The van der Waals surface area contributed by atoms with Gasteiger partial charge in [-0.25, -0.2) is 19.7 Å². The van der Waals surface area contributed by atoms with Crippen molar-refractivity contribution < 1.29 is 4.79 Å². The van der Waals surface area contributed by atoms with Crippen molar-refractivity contribution in [1.82, 2.24) is 25.1 Å². The predicted molar refractivity (Wildman–Crippen MR) is 80.7 cm³/mol. The number of pyridine rings is 1. The molecule has 0 aromatic carbocycles. The van der Waals surface area contributed by atoms with E-state index in [4.69, 9.17) is 0 Å². The van der Waals surface area contributed by atoms with Gasteiger partial charge in [0, 0.05) is 24.7 Å². The van der Waals surface area contributed by atoms with Gasteiger partial charge in [0.1, 0.15) is 11.6 Å². The molecule has 0 saturated carbocycles. The minimum Gasteiger partial charge on any atom is -0.324 e. The number of nitrogens with one attached hydrogen (secondary N) is 3. The van der Waals surface area contributed by atoms with E-state index in [9.17, 15) is 9.59 Å². The molecule has 0 radical (unpaired) electrons. The van der Waals surface area contributed by atoms with Crippen LogP contribution in [0.25, 0.3) is 0 Å². The number of nitrogens with zero attached hydrogens (tertiary/aromatic N) is 3. The highest BCUT2D eigenvalue weighted by Crippen LogP contribution is 2.23. The first-order valence-electron chi connectivity index (χ1n) is 7.26. The van der Waals surface area contributed by atoms with E-state index in [0.717, 1.165) is 18.5 Å². The molecule has 1 atom stereocenters. The molecular formula is C14H18N6O2. The molecule has 0 aliphatic carbocycles. The third-order valence-electron chi connectivity index (χ3n) is 3.74. The summed E-state index contributed by atoms with van der Waals surface area (Å²) < 4.78 is 0. The molecule has 1 aliphatic rings. The highest BCUT2D eigenvalue weighted by Gasteiger charge is 2.26. The van der Waals surface area contributed by atoms with Crippen LogP contribution in [0.2, 0.25) is 0 Å². The van der Waals surface area contributed by atoms with Crippen LogP contribution in [0.1, 0.15) is 30.3 Å². The van der Waals surface area contributed by atoms with Crippen molar-refractivity contribution in [1.29, 1.82) is 0 Å². The molecule has 8 heteroatoms. The molecule has 8 nitrogen and oxygen atoms in total. The van der Waals surface area contributed by atoms with E-state index >= 15 is 0 Å². The van der Waals surface area contributed by atoms with Crippen LogP contribution in [0.15, 0.2) is 23.0 Å². The molecule has 1 unspecified atom stereocenters. The van der Waals surface area contributed by atoms with Crippen molar-refractivity contribution in [3.05, 3.63) is 40.2 Å². The number of anilines is 1. The molecule has 1 saturated heterocycles. The number of carbonyl (C=O) groups is 1. The van der Waals surface area contributed by atoms with Crippen LogP contribution in [0.3, 0.4) is 0 Å².